The third-order valence-electron chi connectivity index (χ3n) is 8.74. The van der Waals surface area contributed by atoms with Crippen LogP contribution >= 0.6 is 0 Å². The summed E-state index contributed by atoms with van der Waals surface area (Å²) in [5.74, 6) is 1.58. The lowest BCUT2D eigenvalue weighted by molar-refractivity contribution is 0.416. The molecule has 5 aromatic carbocycles. The van der Waals surface area contributed by atoms with E-state index < -0.39 is 0 Å². The smallest absolute Gasteiger partial charge is 0.145 e. The average molecular weight is 643 g/mol. The van der Waals surface area contributed by atoms with Gasteiger partial charge in [-0.25, -0.2) is 0 Å². The zero-order valence-electron chi connectivity index (χ0n) is 27.5. The quantitative estimate of drug-likeness (QED) is 0.0779. The molecular weight excluding hydrogens is 600 g/mol. The fourth-order valence-corrected chi connectivity index (χ4v) is 6.31. The van der Waals surface area contributed by atoms with Crippen molar-refractivity contribution in [2.75, 3.05) is 51.0 Å². The number of ether oxygens (including phenoxy) is 2. The van der Waals surface area contributed by atoms with Crippen LogP contribution in [-0.4, -0.2) is 40.4 Å². The monoisotopic (exact) mass is 642 g/mol. The van der Waals surface area contributed by atoms with E-state index in [0.717, 1.165) is 119 Å². The molecule has 2 aromatic heterocycles. The maximum atomic E-state index is 6.01. The minimum absolute atomic E-state index is 0.789. The molecule has 0 aliphatic heterocycles. The lowest BCUT2D eigenvalue weighted by atomic mass is 10.1. The second-order valence-corrected chi connectivity index (χ2v) is 12.0. The number of fused-ring (bicyclic) bond motifs is 6. The highest BCUT2D eigenvalue weighted by Gasteiger charge is 2.13. The van der Waals surface area contributed by atoms with Gasteiger partial charge in [-0.3, -0.25) is 0 Å². The van der Waals surface area contributed by atoms with Crippen molar-refractivity contribution in [2.24, 2.45) is 0 Å². The van der Waals surface area contributed by atoms with E-state index in [1.165, 1.54) is 11.1 Å². The van der Waals surface area contributed by atoms with Crippen molar-refractivity contribution >= 4 is 55.3 Å². The Labute approximate surface area is 280 Å². The second kappa shape index (κ2) is 14.7. The van der Waals surface area contributed by atoms with E-state index in [1.807, 2.05) is 48.5 Å². The second-order valence-electron chi connectivity index (χ2n) is 12.0. The average Bonchev–Trinajstić information content (AvgIpc) is 3.67. The predicted octanol–water partition coefficient (Wildman–Crippen LogP) is 8.69. The van der Waals surface area contributed by atoms with Gasteiger partial charge in [-0.05, 0) is 61.3 Å². The zero-order valence-corrected chi connectivity index (χ0v) is 27.5. The Balaban J connectivity index is 0.824. The molecule has 0 atom stereocenters. The summed E-state index contributed by atoms with van der Waals surface area (Å²) in [7, 11) is 3.39. The molecule has 4 N–H and O–H groups in total. The minimum Gasteiger partial charge on any atom is -0.494 e. The van der Waals surface area contributed by atoms with Crippen LogP contribution in [-0.2, 0) is 13.1 Å². The lowest BCUT2D eigenvalue weighted by Crippen LogP contribution is -2.19. The summed E-state index contributed by atoms with van der Waals surface area (Å²) in [6, 6.07) is 33.2. The summed E-state index contributed by atoms with van der Waals surface area (Å²) in [5.41, 5.74) is 8.00. The van der Waals surface area contributed by atoms with Crippen LogP contribution in [0.3, 0.4) is 0 Å². The maximum Gasteiger partial charge on any atom is 0.145 e. The molecule has 7 rings (SSSR count). The largest absolute Gasteiger partial charge is 0.494 e. The molecule has 0 aliphatic rings. The fraction of sp³-hybridized carbons (Fsp3) is 0.250. The van der Waals surface area contributed by atoms with E-state index in [4.69, 9.17) is 18.3 Å². The number of hydrogen-bond acceptors (Lipinski definition) is 8. The van der Waals surface area contributed by atoms with Crippen LogP contribution in [0.2, 0.25) is 0 Å². The normalized spacial score (nSPS) is 11.5. The molecule has 0 spiro atoms. The molecule has 0 unspecified atom stereocenters. The van der Waals surface area contributed by atoms with Crippen molar-refractivity contribution in [3.05, 3.63) is 108 Å². The van der Waals surface area contributed by atoms with Gasteiger partial charge in [-0.1, -0.05) is 60.7 Å². The minimum atomic E-state index is 0.789. The van der Waals surface area contributed by atoms with Gasteiger partial charge in [-0.2, -0.15) is 0 Å². The molecule has 8 heteroatoms. The third-order valence-corrected chi connectivity index (χ3v) is 8.74. The lowest BCUT2D eigenvalue weighted by Gasteiger charge is -2.12. The first-order valence-electron chi connectivity index (χ1n) is 16.7. The molecule has 0 saturated carbocycles. The van der Waals surface area contributed by atoms with Gasteiger partial charge in [0.25, 0.3) is 0 Å². The molecule has 0 radical (unpaired) electrons. The number of hydrogen-bond donors (Lipinski definition) is 4. The highest BCUT2D eigenvalue weighted by Crippen LogP contribution is 2.37. The number of nitrogens with one attached hydrogen (secondary N) is 4. The van der Waals surface area contributed by atoms with Gasteiger partial charge in [0.2, 0.25) is 0 Å². The van der Waals surface area contributed by atoms with Crippen LogP contribution in [0, 0.1) is 0 Å². The summed E-state index contributed by atoms with van der Waals surface area (Å²) < 4.78 is 23.3. The molecule has 0 amide bonds. The van der Waals surface area contributed by atoms with Crippen LogP contribution in [0.1, 0.15) is 24.0 Å². The fourth-order valence-electron chi connectivity index (χ4n) is 6.31. The highest BCUT2D eigenvalue weighted by molar-refractivity contribution is 6.07. The molecule has 0 saturated heterocycles. The summed E-state index contributed by atoms with van der Waals surface area (Å²) >= 11 is 0. The Kier molecular flexibility index (Phi) is 9.63. The summed E-state index contributed by atoms with van der Waals surface area (Å²) in [5, 5.41) is 18.7. The molecule has 8 nitrogen and oxygen atoms in total. The van der Waals surface area contributed by atoms with Gasteiger partial charge >= 0.3 is 0 Å². The zero-order chi connectivity index (χ0) is 32.7. The SMILES string of the molecule is COc1cc2oc3ccccc3c2cc1NCCCNCc1cccc(CNCCCNc2cc3c(cc2OC)oc2ccccc23)c1. The van der Waals surface area contributed by atoms with Crippen LogP contribution in [0.4, 0.5) is 11.4 Å². The topological polar surface area (TPSA) is 92.9 Å². The van der Waals surface area contributed by atoms with Crippen molar-refractivity contribution in [3.8, 4) is 11.5 Å². The number of methoxy groups -OCH3 is 2. The molecular formula is C40H42N4O4. The summed E-state index contributed by atoms with van der Waals surface area (Å²) in [6.07, 6.45) is 1.97. The third kappa shape index (κ3) is 6.90. The molecule has 0 aliphatic carbocycles. The Hall–Kier alpha value is -5.18. The van der Waals surface area contributed by atoms with Crippen LogP contribution in [0.15, 0.2) is 106 Å². The molecule has 7 aromatic rings. The summed E-state index contributed by atoms with van der Waals surface area (Å²) in [6.45, 7) is 5.18. The van der Waals surface area contributed by atoms with E-state index in [0.29, 0.717) is 0 Å². The Morgan fingerprint density at radius 2 is 0.958 bits per heavy atom. The Morgan fingerprint density at radius 3 is 1.44 bits per heavy atom. The van der Waals surface area contributed by atoms with Crippen molar-refractivity contribution in [2.45, 2.75) is 25.9 Å². The van der Waals surface area contributed by atoms with E-state index in [2.05, 4.69) is 69.8 Å². The standard InChI is InChI=1S/C40H42N4O4/c1-45-39-23-37-31(29-12-3-5-14-35(29)47-37)21-33(39)43-18-8-16-41-25-27-10-7-11-28(20-27)26-42-17-9-19-44-34-22-32-30-13-4-6-15-36(30)48-38(32)24-40(34)46-2/h3-7,10-15,20-24,41-44H,8-9,16-19,25-26H2,1-2H3. The first-order valence-corrected chi connectivity index (χ1v) is 16.7. The van der Waals surface area contributed by atoms with Crippen LogP contribution in [0.25, 0.3) is 43.9 Å². The van der Waals surface area contributed by atoms with Gasteiger partial charge < -0.3 is 39.6 Å². The van der Waals surface area contributed by atoms with Crippen molar-refractivity contribution in [3.63, 3.8) is 0 Å². The van der Waals surface area contributed by atoms with E-state index >= 15 is 0 Å². The van der Waals surface area contributed by atoms with Crippen LogP contribution < -0.4 is 30.7 Å². The van der Waals surface area contributed by atoms with Gasteiger partial charge in [0.1, 0.15) is 33.8 Å². The highest BCUT2D eigenvalue weighted by atomic mass is 16.5. The van der Waals surface area contributed by atoms with Crippen LogP contribution in [0.5, 0.6) is 11.5 Å². The molecule has 2 heterocycles. The number of rotatable bonds is 16. The number of benzene rings is 5. The molecule has 0 bridgehead atoms. The molecule has 246 valence electrons. The molecule has 0 fully saturated rings. The number of furan rings is 2. The van der Waals surface area contributed by atoms with Gasteiger partial charge in [0.15, 0.2) is 0 Å². The summed E-state index contributed by atoms with van der Waals surface area (Å²) in [4.78, 5) is 0. The predicted molar refractivity (Wildman–Crippen MR) is 197 cm³/mol. The van der Waals surface area contributed by atoms with E-state index in [1.54, 1.807) is 14.2 Å². The Bertz CT molecular complexity index is 2000. The first kappa shape index (κ1) is 31.4. The van der Waals surface area contributed by atoms with Crippen molar-refractivity contribution < 1.29 is 18.3 Å². The Morgan fingerprint density at radius 1 is 0.479 bits per heavy atom. The van der Waals surface area contributed by atoms with Gasteiger partial charge in [0.05, 0.1) is 25.6 Å². The van der Waals surface area contributed by atoms with E-state index in [-0.39, 0.29) is 0 Å². The maximum absolute atomic E-state index is 6.01. The van der Waals surface area contributed by atoms with E-state index in [9.17, 15) is 0 Å². The first-order chi connectivity index (χ1) is 23.7. The van der Waals surface area contributed by atoms with Gasteiger partial charge in [-0.15, -0.1) is 0 Å². The molecule has 48 heavy (non-hydrogen) atoms. The number of para-hydroxylation sites is 2. The van der Waals surface area contributed by atoms with Gasteiger partial charge in [0, 0.05) is 59.9 Å². The van der Waals surface area contributed by atoms with Crippen molar-refractivity contribution in [1.82, 2.24) is 10.6 Å². The number of anilines is 2. The van der Waals surface area contributed by atoms with Crippen molar-refractivity contribution in [1.29, 1.82) is 0 Å².